The summed E-state index contributed by atoms with van der Waals surface area (Å²) in [6.07, 6.45) is 4.10. The molecule has 128 valence electrons. The number of nitrogens with one attached hydrogen (secondary N) is 1. The van der Waals surface area contributed by atoms with Crippen LogP contribution in [-0.4, -0.2) is 47.4 Å². The van der Waals surface area contributed by atoms with Crippen LogP contribution >= 0.6 is 0 Å². The fraction of sp³-hybridized carbons (Fsp3) is 0.471. The van der Waals surface area contributed by atoms with Crippen LogP contribution < -0.4 is 10.2 Å². The van der Waals surface area contributed by atoms with E-state index in [9.17, 15) is 4.79 Å². The molecule has 3 rings (SSSR count). The van der Waals surface area contributed by atoms with E-state index in [-0.39, 0.29) is 18.1 Å². The number of amides is 1. The average Bonchev–Trinajstić information content (AvgIpc) is 3.15. The Morgan fingerprint density at radius 3 is 2.92 bits per heavy atom. The maximum absolute atomic E-state index is 12.6. The second-order valence-corrected chi connectivity index (χ2v) is 6.27. The van der Waals surface area contributed by atoms with E-state index in [0.717, 1.165) is 23.5 Å². The molecule has 0 aromatic carbocycles. The van der Waals surface area contributed by atoms with Crippen molar-refractivity contribution in [3.8, 4) is 0 Å². The topological polar surface area (TPSA) is 72.3 Å². The van der Waals surface area contributed by atoms with Gasteiger partial charge in [-0.2, -0.15) is 5.10 Å². The van der Waals surface area contributed by atoms with E-state index in [0.29, 0.717) is 12.2 Å². The number of hydrogen-bond acceptors (Lipinski definition) is 5. The molecule has 24 heavy (non-hydrogen) atoms. The standard InChI is InChI=1S/C17H23N5O2/c1-11-13(10-19-22(11)4)16-14(6-8-24-16)20-17(23)12-5-7-18-15(9-12)21(2)3/h5,7,9-10,14,16H,6,8H2,1-4H3,(H,20,23)/t14-,16+/m0/s1. The van der Waals surface area contributed by atoms with Gasteiger partial charge in [0.05, 0.1) is 12.2 Å². The lowest BCUT2D eigenvalue weighted by Crippen LogP contribution is -2.37. The Bertz CT molecular complexity index is 740. The highest BCUT2D eigenvalue weighted by Crippen LogP contribution is 2.31. The molecule has 7 heteroatoms. The van der Waals surface area contributed by atoms with Gasteiger partial charge >= 0.3 is 0 Å². The predicted octanol–water partition coefficient (Wildman–Crippen LogP) is 1.45. The van der Waals surface area contributed by atoms with Gasteiger partial charge in [0.15, 0.2) is 0 Å². The highest BCUT2D eigenvalue weighted by atomic mass is 16.5. The lowest BCUT2D eigenvalue weighted by Gasteiger charge is -2.20. The van der Waals surface area contributed by atoms with Gasteiger partial charge in [-0.05, 0) is 25.5 Å². The maximum Gasteiger partial charge on any atom is 0.251 e. The van der Waals surface area contributed by atoms with Crippen LogP contribution in [0.2, 0.25) is 0 Å². The van der Waals surface area contributed by atoms with E-state index in [1.807, 2.05) is 43.8 Å². The Morgan fingerprint density at radius 2 is 2.25 bits per heavy atom. The van der Waals surface area contributed by atoms with Crippen LogP contribution in [0.5, 0.6) is 0 Å². The lowest BCUT2D eigenvalue weighted by molar-refractivity contribution is 0.0819. The molecule has 0 saturated carbocycles. The Morgan fingerprint density at radius 1 is 1.46 bits per heavy atom. The van der Waals surface area contributed by atoms with Crippen molar-refractivity contribution in [2.24, 2.45) is 7.05 Å². The molecule has 2 aromatic heterocycles. The Kier molecular flexibility index (Phi) is 4.53. The molecule has 7 nitrogen and oxygen atoms in total. The smallest absolute Gasteiger partial charge is 0.251 e. The number of pyridine rings is 1. The summed E-state index contributed by atoms with van der Waals surface area (Å²) in [5, 5.41) is 7.37. The summed E-state index contributed by atoms with van der Waals surface area (Å²) in [6.45, 7) is 2.64. The molecule has 2 atom stereocenters. The molecule has 2 aromatic rings. The minimum Gasteiger partial charge on any atom is -0.371 e. The number of nitrogens with zero attached hydrogens (tertiary/aromatic N) is 4. The highest BCUT2D eigenvalue weighted by molar-refractivity contribution is 5.95. The van der Waals surface area contributed by atoms with Crippen molar-refractivity contribution in [1.82, 2.24) is 20.1 Å². The normalized spacial score (nSPS) is 20.2. The summed E-state index contributed by atoms with van der Waals surface area (Å²) in [4.78, 5) is 18.7. The third kappa shape index (κ3) is 3.12. The van der Waals surface area contributed by atoms with Crippen molar-refractivity contribution >= 4 is 11.7 Å². The van der Waals surface area contributed by atoms with E-state index < -0.39 is 0 Å². The van der Waals surface area contributed by atoms with Gasteiger partial charge in [-0.15, -0.1) is 0 Å². The van der Waals surface area contributed by atoms with Gasteiger partial charge in [-0.1, -0.05) is 0 Å². The van der Waals surface area contributed by atoms with Gasteiger partial charge in [0.2, 0.25) is 0 Å². The van der Waals surface area contributed by atoms with Crippen molar-refractivity contribution in [1.29, 1.82) is 0 Å². The zero-order valence-electron chi connectivity index (χ0n) is 14.5. The van der Waals surface area contributed by atoms with Gasteiger partial charge in [-0.3, -0.25) is 9.48 Å². The first-order valence-corrected chi connectivity index (χ1v) is 8.01. The molecule has 1 fully saturated rings. The quantitative estimate of drug-likeness (QED) is 0.919. The first-order chi connectivity index (χ1) is 11.5. The number of rotatable bonds is 4. The maximum atomic E-state index is 12.6. The minimum absolute atomic E-state index is 0.0589. The Balaban J connectivity index is 1.76. The van der Waals surface area contributed by atoms with Gasteiger partial charge in [0.1, 0.15) is 11.9 Å². The molecule has 0 aliphatic carbocycles. The molecule has 0 unspecified atom stereocenters. The summed E-state index contributed by atoms with van der Waals surface area (Å²) >= 11 is 0. The van der Waals surface area contributed by atoms with Crippen LogP contribution in [0.4, 0.5) is 5.82 Å². The fourth-order valence-corrected chi connectivity index (χ4v) is 2.89. The molecule has 1 N–H and O–H groups in total. The van der Waals surface area contributed by atoms with Crippen LogP contribution in [0, 0.1) is 6.92 Å². The highest BCUT2D eigenvalue weighted by Gasteiger charge is 2.33. The molecule has 1 saturated heterocycles. The van der Waals surface area contributed by atoms with Gasteiger partial charge < -0.3 is 15.0 Å². The van der Waals surface area contributed by atoms with Crippen molar-refractivity contribution < 1.29 is 9.53 Å². The first kappa shape index (κ1) is 16.4. The number of aryl methyl sites for hydroxylation is 1. The number of aromatic nitrogens is 3. The van der Waals surface area contributed by atoms with Crippen LogP contribution in [-0.2, 0) is 11.8 Å². The zero-order valence-corrected chi connectivity index (χ0v) is 14.5. The number of hydrogen-bond donors (Lipinski definition) is 1. The molecular weight excluding hydrogens is 306 g/mol. The minimum atomic E-state index is -0.155. The molecular formula is C17H23N5O2. The third-order valence-electron chi connectivity index (χ3n) is 4.45. The first-order valence-electron chi connectivity index (χ1n) is 8.01. The predicted molar refractivity (Wildman–Crippen MR) is 91.1 cm³/mol. The third-order valence-corrected chi connectivity index (χ3v) is 4.45. The molecule has 0 radical (unpaired) electrons. The van der Waals surface area contributed by atoms with E-state index >= 15 is 0 Å². The Hall–Kier alpha value is -2.41. The molecule has 1 aliphatic rings. The molecule has 3 heterocycles. The van der Waals surface area contributed by atoms with Crippen molar-refractivity contribution in [3.05, 3.63) is 41.3 Å². The van der Waals surface area contributed by atoms with E-state index in [1.54, 1.807) is 18.3 Å². The van der Waals surface area contributed by atoms with Gasteiger partial charge in [-0.25, -0.2) is 4.98 Å². The summed E-state index contributed by atoms with van der Waals surface area (Å²) in [7, 11) is 5.70. The Labute approximate surface area is 141 Å². The second-order valence-electron chi connectivity index (χ2n) is 6.27. The number of carbonyl (C=O) groups is 1. The number of carbonyl (C=O) groups excluding carboxylic acids is 1. The van der Waals surface area contributed by atoms with Crippen LogP contribution in [0.25, 0.3) is 0 Å². The largest absolute Gasteiger partial charge is 0.371 e. The summed E-state index contributed by atoms with van der Waals surface area (Å²) in [5.41, 5.74) is 2.69. The van der Waals surface area contributed by atoms with Gasteiger partial charge in [0.25, 0.3) is 5.91 Å². The summed E-state index contributed by atoms with van der Waals surface area (Å²) in [5.74, 6) is 0.646. The van der Waals surface area contributed by atoms with Crippen molar-refractivity contribution in [2.45, 2.75) is 25.5 Å². The van der Waals surface area contributed by atoms with Crippen molar-refractivity contribution in [3.63, 3.8) is 0 Å². The molecule has 1 amide bonds. The fourth-order valence-electron chi connectivity index (χ4n) is 2.89. The number of anilines is 1. The number of ether oxygens (including phenoxy) is 1. The SMILES string of the molecule is Cc1c([C@H]2OCC[C@@H]2NC(=O)c2ccnc(N(C)C)c2)cnn1C. The van der Waals surface area contributed by atoms with Crippen LogP contribution in [0.1, 0.15) is 34.1 Å². The second kappa shape index (κ2) is 6.60. The molecule has 1 aliphatic heterocycles. The van der Waals surface area contributed by atoms with E-state index in [4.69, 9.17) is 4.74 Å². The van der Waals surface area contributed by atoms with Crippen LogP contribution in [0.15, 0.2) is 24.5 Å². The zero-order chi connectivity index (χ0) is 17.3. The average molecular weight is 329 g/mol. The molecule has 0 bridgehead atoms. The van der Waals surface area contributed by atoms with Crippen molar-refractivity contribution in [2.75, 3.05) is 25.6 Å². The summed E-state index contributed by atoms with van der Waals surface area (Å²) in [6, 6.07) is 3.45. The van der Waals surface area contributed by atoms with Gasteiger partial charge in [0, 0.05) is 50.8 Å². The van der Waals surface area contributed by atoms with E-state index in [1.165, 1.54) is 0 Å². The summed E-state index contributed by atoms with van der Waals surface area (Å²) < 4.78 is 7.68. The van der Waals surface area contributed by atoms with Crippen LogP contribution in [0.3, 0.4) is 0 Å². The lowest BCUT2D eigenvalue weighted by atomic mass is 10.0. The molecule has 0 spiro atoms. The van der Waals surface area contributed by atoms with E-state index in [2.05, 4.69) is 15.4 Å². The monoisotopic (exact) mass is 329 g/mol.